The number of hydrogen-bond acceptors (Lipinski definition) is 2. The predicted molar refractivity (Wildman–Crippen MR) is 90.4 cm³/mol. The number of benzene rings is 2. The number of fused-ring (bicyclic) bond motifs is 1. The summed E-state index contributed by atoms with van der Waals surface area (Å²) in [5.41, 5.74) is 9.15. The minimum Gasteiger partial charge on any atom is -0.399 e. The predicted octanol–water partition coefficient (Wildman–Crippen LogP) is 3.73. The molecule has 0 spiro atoms. The fourth-order valence-corrected chi connectivity index (χ4v) is 2.91. The van der Waals surface area contributed by atoms with E-state index in [2.05, 4.69) is 22.6 Å². The van der Waals surface area contributed by atoms with Crippen molar-refractivity contribution in [3.63, 3.8) is 0 Å². The fourth-order valence-electron chi connectivity index (χ4n) is 2.39. The molecule has 0 fully saturated rings. The van der Waals surface area contributed by atoms with Crippen LogP contribution in [0.4, 0.5) is 11.4 Å². The summed E-state index contributed by atoms with van der Waals surface area (Å²) >= 11 is 8.24. The van der Waals surface area contributed by atoms with Gasteiger partial charge in [0.1, 0.15) is 0 Å². The van der Waals surface area contributed by atoms with Crippen molar-refractivity contribution in [3.8, 4) is 0 Å². The van der Waals surface area contributed by atoms with E-state index < -0.39 is 0 Å². The van der Waals surface area contributed by atoms with Crippen LogP contribution in [0.3, 0.4) is 0 Å². The molecule has 0 aliphatic carbocycles. The Balaban J connectivity index is 1.97. The Hall–Kier alpha value is -1.27. The molecule has 20 heavy (non-hydrogen) atoms. The van der Waals surface area contributed by atoms with Crippen LogP contribution >= 0.6 is 34.2 Å². The highest BCUT2D eigenvalue weighted by Crippen LogP contribution is 2.31. The quantitative estimate of drug-likeness (QED) is 0.588. The average Bonchev–Trinajstić information content (AvgIpc) is 2.84. The standard InChI is InChI=1S/C15H12ClIN2O/c16-12-7-10(2-4-13(12)17)15(20)19-6-5-9-1-3-11(18)8-14(9)19/h1-4,7-8H,5-6,18H2. The number of nitrogens with two attached hydrogens (primary N) is 1. The first-order valence-corrected chi connectivity index (χ1v) is 7.67. The van der Waals surface area contributed by atoms with Crippen LogP contribution in [0.1, 0.15) is 15.9 Å². The van der Waals surface area contributed by atoms with Gasteiger partial charge in [0.25, 0.3) is 5.91 Å². The van der Waals surface area contributed by atoms with Gasteiger partial charge in [0, 0.05) is 27.1 Å². The van der Waals surface area contributed by atoms with Gasteiger partial charge in [-0.3, -0.25) is 4.79 Å². The van der Waals surface area contributed by atoms with Gasteiger partial charge in [-0.15, -0.1) is 0 Å². The molecule has 0 aromatic heterocycles. The van der Waals surface area contributed by atoms with Gasteiger partial charge in [-0.25, -0.2) is 0 Å². The third-order valence-corrected chi connectivity index (χ3v) is 4.99. The molecule has 3 rings (SSSR count). The molecule has 2 N–H and O–H groups in total. The second kappa shape index (κ2) is 5.26. The van der Waals surface area contributed by atoms with Crippen molar-refractivity contribution in [1.29, 1.82) is 0 Å². The summed E-state index contributed by atoms with van der Waals surface area (Å²) in [6.07, 6.45) is 0.861. The molecule has 0 atom stereocenters. The summed E-state index contributed by atoms with van der Waals surface area (Å²) in [6, 6.07) is 11.1. The Morgan fingerprint density at radius 1 is 1.25 bits per heavy atom. The molecule has 0 saturated carbocycles. The van der Waals surface area contributed by atoms with Crippen LogP contribution in [0.5, 0.6) is 0 Å². The largest absolute Gasteiger partial charge is 0.399 e. The van der Waals surface area contributed by atoms with Crippen LogP contribution in [0.25, 0.3) is 0 Å². The lowest BCUT2D eigenvalue weighted by Gasteiger charge is -2.18. The summed E-state index contributed by atoms with van der Waals surface area (Å²) < 4.78 is 0.937. The Labute approximate surface area is 135 Å². The van der Waals surface area contributed by atoms with E-state index in [-0.39, 0.29) is 5.91 Å². The fraction of sp³-hybridized carbons (Fsp3) is 0.133. The van der Waals surface area contributed by atoms with Gasteiger partial charge in [-0.05, 0) is 64.9 Å². The van der Waals surface area contributed by atoms with Crippen molar-refractivity contribution in [1.82, 2.24) is 0 Å². The molecule has 1 aliphatic heterocycles. The highest BCUT2D eigenvalue weighted by molar-refractivity contribution is 14.1. The Morgan fingerprint density at radius 2 is 2.05 bits per heavy atom. The van der Waals surface area contributed by atoms with Gasteiger partial charge in [-0.2, -0.15) is 0 Å². The maximum Gasteiger partial charge on any atom is 0.258 e. The number of rotatable bonds is 1. The first kappa shape index (κ1) is 13.7. The smallest absolute Gasteiger partial charge is 0.258 e. The Kier molecular flexibility index (Phi) is 3.60. The maximum atomic E-state index is 12.6. The monoisotopic (exact) mass is 398 g/mol. The lowest BCUT2D eigenvalue weighted by atomic mass is 10.1. The first-order chi connectivity index (χ1) is 9.56. The molecule has 1 aliphatic rings. The summed E-state index contributed by atoms with van der Waals surface area (Å²) in [5, 5.41) is 0.600. The average molecular weight is 399 g/mol. The van der Waals surface area contributed by atoms with Crippen LogP contribution < -0.4 is 10.6 Å². The Morgan fingerprint density at radius 3 is 2.80 bits per heavy atom. The first-order valence-electron chi connectivity index (χ1n) is 6.21. The minimum absolute atomic E-state index is 0.0346. The molecule has 5 heteroatoms. The van der Waals surface area contributed by atoms with Gasteiger partial charge in [0.2, 0.25) is 0 Å². The zero-order valence-electron chi connectivity index (χ0n) is 10.6. The molecule has 1 heterocycles. The Bertz CT molecular complexity index is 702. The van der Waals surface area contributed by atoms with E-state index in [1.54, 1.807) is 17.0 Å². The number of halogens is 2. The van der Waals surface area contributed by atoms with Crippen LogP contribution in [-0.4, -0.2) is 12.5 Å². The van der Waals surface area contributed by atoms with Gasteiger partial charge in [-0.1, -0.05) is 17.7 Å². The molecule has 102 valence electrons. The number of anilines is 2. The molecular formula is C15H12ClIN2O. The normalized spacial score (nSPS) is 13.4. The molecule has 2 aromatic carbocycles. The van der Waals surface area contributed by atoms with E-state index in [4.69, 9.17) is 17.3 Å². The number of nitrogen functional groups attached to an aromatic ring is 1. The number of amides is 1. The van der Waals surface area contributed by atoms with Gasteiger partial charge in [0.15, 0.2) is 0 Å². The third kappa shape index (κ3) is 2.38. The van der Waals surface area contributed by atoms with Crippen molar-refractivity contribution in [2.45, 2.75) is 6.42 Å². The van der Waals surface area contributed by atoms with E-state index in [1.807, 2.05) is 24.3 Å². The van der Waals surface area contributed by atoms with Gasteiger partial charge >= 0.3 is 0 Å². The number of carbonyl (C=O) groups excluding carboxylic acids is 1. The second-order valence-corrected chi connectivity index (χ2v) is 6.29. The summed E-state index contributed by atoms with van der Waals surface area (Å²) in [5.74, 6) is -0.0346. The topological polar surface area (TPSA) is 46.3 Å². The van der Waals surface area contributed by atoms with E-state index in [1.165, 1.54) is 0 Å². The number of hydrogen-bond donors (Lipinski definition) is 1. The summed E-state index contributed by atoms with van der Waals surface area (Å²) in [6.45, 7) is 0.682. The summed E-state index contributed by atoms with van der Waals surface area (Å²) in [7, 11) is 0. The SMILES string of the molecule is Nc1ccc2c(c1)N(C(=O)c1ccc(I)c(Cl)c1)CC2. The lowest BCUT2D eigenvalue weighted by Crippen LogP contribution is -2.28. The summed E-state index contributed by atoms with van der Waals surface area (Å²) in [4.78, 5) is 14.4. The van der Waals surface area contributed by atoms with E-state index >= 15 is 0 Å². The zero-order valence-corrected chi connectivity index (χ0v) is 13.5. The molecular weight excluding hydrogens is 387 g/mol. The minimum atomic E-state index is -0.0346. The molecule has 0 bridgehead atoms. The molecule has 3 nitrogen and oxygen atoms in total. The van der Waals surface area contributed by atoms with Crippen molar-refractivity contribution in [2.24, 2.45) is 0 Å². The van der Waals surface area contributed by atoms with Crippen LogP contribution in [0, 0.1) is 3.57 Å². The van der Waals surface area contributed by atoms with Crippen LogP contribution in [0.2, 0.25) is 5.02 Å². The number of nitrogens with zero attached hydrogens (tertiary/aromatic N) is 1. The zero-order chi connectivity index (χ0) is 14.3. The maximum absolute atomic E-state index is 12.6. The van der Waals surface area contributed by atoms with Crippen molar-refractivity contribution in [3.05, 3.63) is 56.1 Å². The number of carbonyl (C=O) groups is 1. The second-order valence-electron chi connectivity index (χ2n) is 4.72. The van der Waals surface area contributed by atoms with Crippen LogP contribution in [0.15, 0.2) is 36.4 Å². The lowest BCUT2D eigenvalue weighted by molar-refractivity contribution is 0.0989. The van der Waals surface area contributed by atoms with Crippen LogP contribution in [-0.2, 0) is 6.42 Å². The molecule has 0 unspecified atom stereocenters. The van der Waals surface area contributed by atoms with Crippen molar-refractivity contribution in [2.75, 3.05) is 17.2 Å². The molecule has 0 radical (unpaired) electrons. The van der Waals surface area contributed by atoms with E-state index in [0.29, 0.717) is 22.8 Å². The molecule has 0 saturated heterocycles. The van der Waals surface area contributed by atoms with Gasteiger partial charge in [0.05, 0.1) is 5.02 Å². The van der Waals surface area contributed by atoms with E-state index in [9.17, 15) is 4.79 Å². The third-order valence-electron chi connectivity index (χ3n) is 3.42. The highest BCUT2D eigenvalue weighted by Gasteiger charge is 2.25. The molecule has 2 aromatic rings. The molecule has 1 amide bonds. The van der Waals surface area contributed by atoms with Crippen molar-refractivity contribution < 1.29 is 4.79 Å². The van der Waals surface area contributed by atoms with E-state index in [0.717, 1.165) is 21.2 Å². The highest BCUT2D eigenvalue weighted by atomic mass is 127. The van der Waals surface area contributed by atoms with Gasteiger partial charge < -0.3 is 10.6 Å². The van der Waals surface area contributed by atoms with Crippen molar-refractivity contribution >= 4 is 51.5 Å².